The Balaban J connectivity index is 2.88. The first-order valence-electron chi connectivity index (χ1n) is 2.62. The van der Waals surface area contributed by atoms with Crippen LogP contribution in [0.2, 0.25) is 0 Å². The molecule has 10 heavy (non-hydrogen) atoms. The lowest BCUT2D eigenvalue weighted by molar-refractivity contribution is 0.0976. The molecule has 0 bridgehead atoms. The summed E-state index contributed by atoms with van der Waals surface area (Å²) in [7, 11) is 0. The van der Waals surface area contributed by atoms with Gasteiger partial charge in [0.25, 0.3) is 11.1 Å². The normalized spacial score (nSPS) is 9.80. The Kier molecular flexibility index (Phi) is 2.06. The summed E-state index contributed by atoms with van der Waals surface area (Å²) in [4.78, 5) is 10.6. The van der Waals surface area contributed by atoms with Crippen molar-refractivity contribution in [3.8, 4) is 0 Å². The zero-order valence-corrected chi connectivity index (χ0v) is 6.44. The summed E-state index contributed by atoms with van der Waals surface area (Å²) >= 11 is 1.31. The van der Waals surface area contributed by atoms with E-state index in [1.807, 2.05) is 0 Å². The van der Waals surface area contributed by atoms with Gasteiger partial charge in [0, 0.05) is 6.92 Å². The summed E-state index contributed by atoms with van der Waals surface area (Å²) in [6, 6.07) is 0. The largest absolute Gasteiger partial charge is 0.408 e. The number of carbonyl (C=O) groups is 1. The molecule has 4 nitrogen and oxygen atoms in total. The maximum absolute atomic E-state index is 10.6. The van der Waals surface area contributed by atoms with Crippen molar-refractivity contribution in [2.45, 2.75) is 12.1 Å². The van der Waals surface area contributed by atoms with E-state index in [2.05, 4.69) is 10.2 Å². The van der Waals surface area contributed by atoms with Crippen molar-refractivity contribution >= 4 is 17.5 Å². The van der Waals surface area contributed by atoms with Crippen molar-refractivity contribution in [3.05, 3.63) is 5.89 Å². The lowest BCUT2D eigenvalue weighted by Crippen LogP contribution is -1.90. The van der Waals surface area contributed by atoms with Crippen LogP contribution in [0.4, 0.5) is 0 Å². The van der Waals surface area contributed by atoms with Gasteiger partial charge in [-0.2, -0.15) is 0 Å². The molecule has 5 heteroatoms. The minimum atomic E-state index is -0.201. The highest BCUT2D eigenvalue weighted by Crippen LogP contribution is 2.11. The average Bonchev–Trinajstić information content (AvgIpc) is 2.34. The van der Waals surface area contributed by atoms with Crippen LogP contribution in [0.15, 0.2) is 9.64 Å². The van der Waals surface area contributed by atoms with Crippen molar-refractivity contribution in [1.82, 2.24) is 10.2 Å². The summed E-state index contributed by atoms with van der Waals surface area (Å²) in [5, 5.41) is 7.50. The van der Waals surface area contributed by atoms with E-state index in [9.17, 15) is 4.79 Å². The number of hydrogen-bond donors (Lipinski definition) is 0. The molecule has 0 saturated heterocycles. The minimum absolute atomic E-state index is 0.0735. The maximum Gasteiger partial charge on any atom is 0.284 e. The number of aromatic nitrogens is 2. The molecule has 0 aliphatic carbocycles. The molecule has 0 aliphatic heterocycles. The van der Waals surface area contributed by atoms with Crippen LogP contribution in [0.25, 0.3) is 0 Å². The fourth-order valence-corrected chi connectivity index (χ4v) is 0.719. The second-order valence-electron chi connectivity index (χ2n) is 1.63. The van der Waals surface area contributed by atoms with Crippen molar-refractivity contribution in [2.75, 3.05) is 6.26 Å². The number of hydrogen-bond acceptors (Lipinski definition) is 5. The monoisotopic (exact) mass is 158 g/mol. The molecule has 0 aromatic carbocycles. The SMILES string of the molecule is CSc1nnc(C(C)=O)o1. The number of carbonyl (C=O) groups excluding carboxylic acids is 1. The third-order valence-corrected chi connectivity index (χ3v) is 1.40. The summed E-state index contributed by atoms with van der Waals surface area (Å²) < 4.78 is 4.89. The van der Waals surface area contributed by atoms with Crippen molar-refractivity contribution in [3.63, 3.8) is 0 Å². The highest BCUT2D eigenvalue weighted by Gasteiger charge is 2.07. The van der Waals surface area contributed by atoms with Crippen LogP contribution >= 0.6 is 11.8 Å². The zero-order valence-electron chi connectivity index (χ0n) is 5.62. The summed E-state index contributed by atoms with van der Waals surface area (Å²) in [5.41, 5.74) is 0. The number of thioether (sulfide) groups is 1. The molecule has 1 heterocycles. The van der Waals surface area contributed by atoms with Crippen molar-refractivity contribution in [1.29, 1.82) is 0 Å². The number of ketones is 1. The van der Waals surface area contributed by atoms with E-state index in [-0.39, 0.29) is 11.7 Å². The van der Waals surface area contributed by atoms with Gasteiger partial charge in [0.05, 0.1) is 0 Å². The van der Waals surface area contributed by atoms with Crippen LogP contribution in [0.3, 0.4) is 0 Å². The minimum Gasteiger partial charge on any atom is -0.408 e. The van der Waals surface area contributed by atoms with Gasteiger partial charge in [-0.15, -0.1) is 10.2 Å². The van der Waals surface area contributed by atoms with Crippen LogP contribution in [0.5, 0.6) is 0 Å². The zero-order chi connectivity index (χ0) is 7.56. The summed E-state index contributed by atoms with van der Waals surface area (Å²) in [6.07, 6.45) is 1.80. The quantitative estimate of drug-likeness (QED) is 0.474. The number of nitrogens with zero attached hydrogens (tertiary/aromatic N) is 2. The molecule has 0 unspecified atom stereocenters. The van der Waals surface area contributed by atoms with E-state index < -0.39 is 0 Å². The predicted octanol–water partition coefficient (Wildman–Crippen LogP) is 0.994. The highest BCUT2D eigenvalue weighted by atomic mass is 32.2. The number of rotatable bonds is 2. The van der Waals surface area contributed by atoms with Crippen LogP contribution in [-0.2, 0) is 0 Å². The van der Waals surface area contributed by atoms with Gasteiger partial charge in [0.2, 0.25) is 5.78 Å². The van der Waals surface area contributed by atoms with Gasteiger partial charge in [-0.25, -0.2) is 0 Å². The van der Waals surface area contributed by atoms with Gasteiger partial charge in [-0.05, 0) is 6.26 Å². The Morgan fingerprint density at radius 3 is 2.60 bits per heavy atom. The predicted molar refractivity (Wildman–Crippen MR) is 36.1 cm³/mol. The number of Topliss-reactive ketones (excluding diaryl/α,β-unsaturated/α-hetero) is 1. The van der Waals surface area contributed by atoms with Gasteiger partial charge in [0.1, 0.15) is 0 Å². The van der Waals surface area contributed by atoms with Crippen molar-refractivity contribution < 1.29 is 9.21 Å². The van der Waals surface area contributed by atoms with Crippen LogP contribution in [0, 0.1) is 0 Å². The molecular weight excluding hydrogens is 152 g/mol. The second kappa shape index (κ2) is 2.83. The van der Waals surface area contributed by atoms with E-state index in [1.54, 1.807) is 6.26 Å². The molecule has 0 atom stereocenters. The summed E-state index contributed by atoms with van der Waals surface area (Å²) in [6.45, 7) is 1.39. The van der Waals surface area contributed by atoms with E-state index in [1.165, 1.54) is 18.7 Å². The van der Waals surface area contributed by atoms with Crippen LogP contribution in [0.1, 0.15) is 17.6 Å². The Morgan fingerprint density at radius 2 is 2.30 bits per heavy atom. The standard InChI is InChI=1S/C5H6N2O2S/c1-3(8)4-6-7-5(9-4)10-2/h1-2H3. The van der Waals surface area contributed by atoms with Gasteiger partial charge in [0.15, 0.2) is 0 Å². The van der Waals surface area contributed by atoms with Gasteiger partial charge in [-0.1, -0.05) is 11.8 Å². The molecule has 54 valence electrons. The van der Waals surface area contributed by atoms with E-state index in [0.717, 1.165) is 0 Å². The molecule has 0 fully saturated rings. The second-order valence-corrected chi connectivity index (χ2v) is 2.39. The maximum atomic E-state index is 10.6. The van der Waals surface area contributed by atoms with Gasteiger partial charge >= 0.3 is 0 Å². The third-order valence-electron chi connectivity index (χ3n) is 0.882. The topological polar surface area (TPSA) is 56.0 Å². The molecular formula is C5H6N2O2S. The lowest BCUT2D eigenvalue weighted by atomic mass is 10.5. The van der Waals surface area contributed by atoms with E-state index >= 15 is 0 Å². The molecule has 0 spiro atoms. The molecule has 1 aromatic heterocycles. The first-order chi connectivity index (χ1) is 4.74. The van der Waals surface area contributed by atoms with Gasteiger partial charge < -0.3 is 4.42 Å². The first-order valence-corrected chi connectivity index (χ1v) is 3.85. The Hall–Kier alpha value is -0.840. The fraction of sp³-hybridized carbons (Fsp3) is 0.400. The molecule has 1 rings (SSSR count). The fourth-order valence-electron chi connectivity index (χ4n) is 0.435. The summed E-state index contributed by atoms with van der Waals surface area (Å²) in [5.74, 6) is -0.128. The van der Waals surface area contributed by atoms with E-state index in [0.29, 0.717) is 5.22 Å². The van der Waals surface area contributed by atoms with Crippen molar-refractivity contribution in [2.24, 2.45) is 0 Å². The molecule has 0 saturated carbocycles. The first kappa shape index (κ1) is 7.27. The Bertz CT molecular complexity index is 246. The van der Waals surface area contributed by atoms with Crippen LogP contribution in [-0.4, -0.2) is 22.2 Å². The van der Waals surface area contributed by atoms with Gasteiger partial charge in [-0.3, -0.25) is 4.79 Å². The third kappa shape index (κ3) is 1.36. The van der Waals surface area contributed by atoms with E-state index in [4.69, 9.17) is 4.42 Å². The Morgan fingerprint density at radius 1 is 1.60 bits per heavy atom. The molecule has 0 amide bonds. The molecule has 0 aliphatic rings. The Labute approximate surface area is 62.0 Å². The average molecular weight is 158 g/mol. The molecule has 0 N–H and O–H groups in total. The molecule has 1 aromatic rings. The smallest absolute Gasteiger partial charge is 0.284 e. The highest BCUT2D eigenvalue weighted by molar-refractivity contribution is 7.98. The lowest BCUT2D eigenvalue weighted by Gasteiger charge is -1.80. The van der Waals surface area contributed by atoms with Crippen LogP contribution < -0.4 is 0 Å². The molecule has 0 radical (unpaired) electrons.